The van der Waals surface area contributed by atoms with Crippen molar-refractivity contribution in [1.82, 2.24) is 9.80 Å². The minimum atomic E-state index is -0.425. The highest BCUT2D eigenvalue weighted by molar-refractivity contribution is 5.91. The second kappa shape index (κ2) is 10.8. The van der Waals surface area contributed by atoms with Crippen molar-refractivity contribution < 1.29 is 14.0 Å². The maximum Gasteiger partial charge on any atom is 0.322 e. The van der Waals surface area contributed by atoms with Gasteiger partial charge in [0, 0.05) is 30.7 Å². The lowest BCUT2D eigenvalue weighted by molar-refractivity contribution is -0.116. The molecule has 2 aromatic carbocycles. The number of hydrogen-bond acceptors (Lipinski definition) is 3. The van der Waals surface area contributed by atoms with Gasteiger partial charge in [0.2, 0.25) is 5.91 Å². The van der Waals surface area contributed by atoms with Gasteiger partial charge >= 0.3 is 6.03 Å². The number of nitrogens with zero attached hydrogens (tertiary/aromatic N) is 2. The van der Waals surface area contributed by atoms with Crippen LogP contribution in [-0.4, -0.2) is 53.5 Å². The number of urea groups is 1. The third kappa shape index (κ3) is 5.35. The predicted octanol–water partition coefficient (Wildman–Crippen LogP) is 5.34. The van der Waals surface area contributed by atoms with E-state index in [2.05, 4.69) is 15.5 Å². The van der Waals surface area contributed by atoms with Crippen molar-refractivity contribution in [2.24, 2.45) is 11.8 Å². The summed E-state index contributed by atoms with van der Waals surface area (Å²) in [5, 5.41) is 5.79. The van der Waals surface area contributed by atoms with Crippen molar-refractivity contribution in [1.29, 1.82) is 0 Å². The molecule has 0 radical (unpaired) electrons. The molecule has 0 aliphatic carbocycles. The van der Waals surface area contributed by atoms with Crippen molar-refractivity contribution in [3.63, 3.8) is 0 Å². The molecule has 186 valence electrons. The van der Waals surface area contributed by atoms with Gasteiger partial charge in [0.25, 0.3) is 0 Å². The molecule has 0 unspecified atom stereocenters. The molecule has 0 bridgehead atoms. The summed E-state index contributed by atoms with van der Waals surface area (Å²) in [6.07, 6.45) is 6.44. The summed E-state index contributed by atoms with van der Waals surface area (Å²) in [5.74, 6) is 0.422. The second-order valence-electron chi connectivity index (χ2n) is 10.2. The molecule has 2 aromatic rings. The molecule has 5 rings (SSSR count). The molecule has 3 aliphatic rings. The fourth-order valence-electron chi connectivity index (χ4n) is 6.56. The number of carbonyl (C=O) groups is 2. The normalized spacial score (nSPS) is 26.0. The van der Waals surface area contributed by atoms with Crippen LogP contribution in [0.25, 0.3) is 0 Å². The van der Waals surface area contributed by atoms with Gasteiger partial charge in [-0.3, -0.25) is 9.69 Å². The van der Waals surface area contributed by atoms with Crippen LogP contribution in [0.1, 0.15) is 44.9 Å². The number of piperidine rings is 3. The lowest BCUT2D eigenvalue weighted by atomic mass is 9.69. The molecular weight excluding hydrogens is 443 g/mol. The molecule has 6 nitrogen and oxygen atoms in total. The Morgan fingerprint density at radius 3 is 2.49 bits per heavy atom. The van der Waals surface area contributed by atoms with Crippen molar-refractivity contribution in [2.45, 2.75) is 57.0 Å². The Bertz CT molecular complexity index is 1030. The molecule has 35 heavy (non-hydrogen) atoms. The zero-order chi connectivity index (χ0) is 24.2. The first-order valence-corrected chi connectivity index (χ1v) is 13.0. The van der Waals surface area contributed by atoms with E-state index < -0.39 is 5.82 Å². The Kier molecular flexibility index (Phi) is 7.32. The lowest BCUT2D eigenvalue weighted by Gasteiger charge is -2.57. The van der Waals surface area contributed by atoms with Crippen LogP contribution >= 0.6 is 0 Å². The standard InChI is InChI=1S/C28H35FN4O2/c29-23-13-4-5-14-24(23)31-28(35)33-19-20-9-7-17-32-18-8-12-22(27(20)32)25(33)15-6-16-26(34)30-21-10-2-1-3-11-21/h1-5,10-11,13-14,20,22,25,27H,6-9,12,15-19H2,(H,30,34)(H,31,35)/t20-,22+,25+,27-/m0/s1. The third-order valence-electron chi connectivity index (χ3n) is 8.01. The summed E-state index contributed by atoms with van der Waals surface area (Å²) in [6, 6.07) is 16.1. The van der Waals surface area contributed by atoms with Gasteiger partial charge in [0.15, 0.2) is 0 Å². The topological polar surface area (TPSA) is 64.7 Å². The summed E-state index contributed by atoms with van der Waals surface area (Å²) >= 11 is 0. The first kappa shape index (κ1) is 23.8. The molecule has 3 amide bonds. The minimum Gasteiger partial charge on any atom is -0.326 e. The molecule has 2 N–H and O–H groups in total. The number of rotatable bonds is 6. The van der Waals surface area contributed by atoms with E-state index in [-0.39, 0.29) is 23.7 Å². The molecule has 3 aliphatic heterocycles. The van der Waals surface area contributed by atoms with Crippen molar-refractivity contribution in [3.8, 4) is 0 Å². The maximum atomic E-state index is 14.3. The number of amides is 3. The van der Waals surface area contributed by atoms with Crippen LogP contribution < -0.4 is 10.6 Å². The van der Waals surface area contributed by atoms with Gasteiger partial charge in [-0.05, 0) is 87.7 Å². The number of para-hydroxylation sites is 2. The van der Waals surface area contributed by atoms with Crippen LogP contribution in [-0.2, 0) is 4.79 Å². The predicted molar refractivity (Wildman–Crippen MR) is 136 cm³/mol. The molecule has 4 atom stereocenters. The molecule has 3 fully saturated rings. The first-order chi connectivity index (χ1) is 17.1. The number of carbonyl (C=O) groups excluding carboxylic acids is 2. The van der Waals surface area contributed by atoms with Crippen LogP contribution in [0.3, 0.4) is 0 Å². The summed E-state index contributed by atoms with van der Waals surface area (Å²) in [5.41, 5.74) is 1.02. The molecule has 0 saturated carbocycles. The molecular formula is C28H35FN4O2. The molecule has 3 heterocycles. The zero-order valence-corrected chi connectivity index (χ0v) is 20.2. The van der Waals surface area contributed by atoms with Gasteiger partial charge in [-0.15, -0.1) is 0 Å². The van der Waals surface area contributed by atoms with E-state index in [4.69, 9.17) is 0 Å². The molecule has 7 heteroatoms. The average Bonchev–Trinajstić information content (AvgIpc) is 2.87. The summed E-state index contributed by atoms with van der Waals surface area (Å²) < 4.78 is 14.3. The number of nitrogens with one attached hydrogen (secondary N) is 2. The van der Waals surface area contributed by atoms with E-state index in [1.807, 2.05) is 35.2 Å². The van der Waals surface area contributed by atoms with Gasteiger partial charge in [0.1, 0.15) is 5.82 Å². The van der Waals surface area contributed by atoms with Gasteiger partial charge in [-0.2, -0.15) is 0 Å². The van der Waals surface area contributed by atoms with E-state index >= 15 is 0 Å². The highest BCUT2D eigenvalue weighted by Gasteiger charge is 2.49. The first-order valence-electron chi connectivity index (χ1n) is 13.0. The summed E-state index contributed by atoms with van der Waals surface area (Å²) in [7, 11) is 0. The minimum absolute atomic E-state index is 0.00446. The second-order valence-corrected chi connectivity index (χ2v) is 10.2. The van der Waals surface area contributed by atoms with Gasteiger partial charge < -0.3 is 15.5 Å². The van der Waals surface area contributed by atoms with Crippen LogP contribution in [0.15, 0.2) is 54.6 Å². The Balaban J connectivity index is 1.29. The van der Waals surface area contributed by atoms with Gasteiger partial charge in [-0.1, -0.05) is 30.3 Å². The Labute approximate surface area is 206 Å². The third-order valence-corrected chi connectivity index (χ3v) is 8.01. The van der Waals surface area contributed by atoms with Crippen molar-refractivity contribution in [2.75, 3.05) is 30.3 Å². The van der Waals surface area contributed by atoms with Crippen molar-refractivity contribution >= 4 is 23.3 Å². The van der Waals surface area contributed by atoms with E-state index in [1.54, 1.807) is 18.2 Å². The van der Waals surface area contributed by atoms with Gasteiger partial charge in [-0.25, -0.2) is 9.18 Å². The largest absolute Gasteiger partial charge is 0.326 e. The monoisotopic (exact) mass is 478 g/mol. The average molecular weight is 479 g/mol. The zero-order valence-electron chi connectivity index (χ0n) is 20.2. The molecule has 0 spiro atoms. The molecule has 3 saturated heterocycles. The van der Waals surface area contributed by atoms with Gasteiger partial charge in [0.05, 0.1) is 5.69 Å². The number of anilines is 2. The van der Waals surface area contributed by atoms with E-state index in [1.165, 1.54) is 12.5 Å². The fourth-order valence-corrected chi connectivity index (χ4v) is 6.56. The fraction of sp³-hybridized carbons (Fsp3) is 0.500. The van der Waals surface area contributed by atoms with Crippen LogP contribution in [0.2, 0.25) is 0 Å². The summed E-state index contributed by atoms with van der Waals surface area (Å²) in [4.78, 5) is 30.6. The Morgan fingerprint density at radius 2 is 1.69 bits per heavy atom. The quantitative estimate of drug-likeness (QED) is 0.589. The Hall–Kier alpha value is -2.93. The number of benzene rings is 2. The van der Waals surface area contributed by atoms with Crippen LogP contribution in [0.5, 0.6) is 0 Å². The van der Waals surface area contributed by atoms with Crippen LogP contribution in [0.4, 0.5) is 20.6 Å². The lowest BCUT2D eigenvalue weighted by Crippen LogP contribution is -2.66. The van der Waals surface area contributed by atoms with E-state index in [9.17, 15) is 14.0 Å². The van der Waals surface area contributed by atoms with E-state index in [0.29, 0.717) is 37.3 Å². The number of halogens is 1. The van der Waals surface area contributed by atoms with Crippen LogP contribution in [0, 0.1) is 17.7 Å². The van der Waals surface area contributed by atoms with E-state index in [0.717, 1.165) is 44.5 Å². The molecule has 0 aromatic heterocycles. The highest BCUT2D eigenvalue weighted by Crippen LogP contribution is 2.43. The summed E-state index contributed by atoms with van der Waals surface area (Å²) in [6.45, 7) is 2.98. The maximum absolute atomic E-state index is 14.3. The SMILES string of the molecule is O=C(CCC[C@@H]1[C@H]2CCCN3CCC[C@@H](CN1C(=O)Nc1ccccc1F)[C@@H]23)Nc1ccccc1. The smallest absolute Gasteiger partial charge is 0.322 e. The number of likely N-dealkylation sites (tertiary alicyclic amines) is 1. The number of hydrogen-bond donors (Lipinski definition) is 2. The van der Waals surface area contributed by atoms with Crippen molar-refractivity contribution in [3.05, 3.63) is 60.4 Å². The highest BCUT2D eigenvalue weighted by atomic mass is 19.1. The Morgan fingerprint density at radius 1 is 0.943 bits per heavy atom.